The van der Waals surface area contributed by atoms with Crippen LogP contribution in [0.3, 0.4) is 0 Å². The smallest absolute Gasteiger partial charge is 0.303 e. The summed E-state index contributed by atoms with van der Waals surface area (Å²) in [4.78, 5) is 25.4. The average Bonchev–Trinajstić information content (AvgIpc) is 3.36. The molecule has 0 aromatic carbocycles. The molecule has 30 heteroatoms. The number of carbonyl (C=O) groups excluding carboxylic acids is 2. The monoisotopic (exact) mass is 1080 g/mol. The molecule has 30 nitrogen and oxygen atoms in total. The van der Waals surface area contributed by atoms with E-state index in [1.165, 1.54) is 21.0 Å². The summed E-state index contributed by atoms with van der Waals surface area (Å²) in [5, 5.41) is 143. The molecule has 430 valence electrons. The molecule has 0 bridgehead atoms. The number of carbonyl (C=O) groups is 2. The number of ether oxygens (including phenoxy) is 13. The third kappa shape index (κ3) is 13.1. The summed E-state index contributed by atoms with van der Waals surface area (Å²) in [6, 6.07) is -2.66. The number of nitrogens with one attached hydrogen (secondary N) is 1. The van der Waals surface area contributed by atoms with Gasteiger partial charge in [0.25, 0.3) is 0 Å². The fourth-order valence-electron chi connectivity index (χ4n) is 9.71. The lowest BCUT2D eigenvalue weighted by Gasteiger charge is -2.51. The van der Waals surface area contributed by atoms with Crippen LogP contribution < -0.4 is 11.1 Å². The molecule has 74 heavy (non-hydrogen) atoms. The molecular formula is C44H76N2O28. The molecule has 6 fully saturated rings. The Morgan fingerprint density at radius 1 is 0.500 bits per heavy atom. The molecule has 6 aliphatic heterocycles. The predicted molar refractivity (Wildman–Crippen MR) is 237 cm³/mol. The lowest BCUT2D eigenvalue weighted by atomic mass is 9.89. The van der Waals surface area contributed by atoms with Gasteiger partial charge in [0.1, 0.15) is 104 Å². The fourth-order valence-corrected chi connectivity index (χ4v) is 9.71. The van der Waals surface area contributed by atoms with E-state index in [1.54, 1.807) is 20.8 Å². The van der Waals surface area contributed by atoms with Crippen LogP contribution in [-0.4, -0.2) is 290 Å². The summed E-state index contributed by atoms with van der Waals surface area (Å²) in [5.74, 6) is -3.21. The van der Waals surface area contributed by atoms with E-state index < -0.39 is 228 Å². The van der Waals surface area contributed by atoms with Crippen LogP contribution in [0.4, 0.5) is 0 Å². The fraction of sp³-hybridized carbons (Fsp3) is 0.955. The number of amides is 1. The Hall–Kier alpha value is -2.10. The van der Waals surface area contributed by atoms with Gasteiger partial charge < -0.3 is 134 Å². The summed E-state index contributed by atoms with van der Waals surface area (Å²) in [5.41, 5.74) is 5.63. The molecule has 0 saturated carbocycles. The van der Waals surface area contributed by atoms with Crippen molar-refractivity contribution < 1.29 is 138 Å². The molecule has 31 atom stereocenters. The van der Waals surface area contributed by atoms with Crippen molar-refractivity contribution in [3.63, 3.8) is 0 Å². The van der Waals surface area contributed by atoms with Crippen LogP contribution in [0.15, 0.2) is 0 Å². The maximum Gasteiger partial charge on any atom is 0.303 e. The van der Waals surface area contributed by atoms with Crippen molar-refractivity contribution >= 4 is 11.9 Å². The lowest BCUT2D eigenvalue weighted by Crippen LogP contribution is -2.71. The van der Waals surface area contributed by atoms with Gasteiger partial charge in [0.2, 0.25) is 5.91 Å². The highest BCUT2D eigenvalue weighted by molar-refractivity contribution is 5.79. The van der Waals surface area contributed by atoms with Crippen molar-refractivity contribution in [1.82, 2.24) is 5.32 Å². The highest BCUT2D eigenvalue weighted by atomic mass is 16.8. The second-order valence-electron chi connectivity index (χ2n) is 19.6. The summed E-state index contributed by atoms with van der Waals surface area (Å²) in [7, 11) is 1.19. The van der Waals surface area contributed by atoms with Crippen LogP contribution >= 0.6 is 0 Å². The first kappa shape index (κ1) is 61.1. The molecular weight excluding hydrogens is 1000 g/mol. The Balaban J connectivity index is 1.39. The van der Waals surface area contributed by atoms with Gasteiger partial charge in [-0.05, 0) is 20.8 Å². The Morgan fingerprint density at radius 2 is 1.00 bits per heavy atom. The highest BCUT2D eigenvalue weighted by Gasteiger charge is 2.58. The number of hydrogen-bond acceptors (Lipinski definition) is 29. The number of nitrogens with two attached hydrogens (primary N) is 1. The first-order valence-electron chi connectivity index (χ1n) is 24.4. The van der Waals surface area contributed by atoms with Gasteiger partial charge in [0.15, 0.2) is 43.8 Å². The van der Waals surface area contributed by atoms with Crippen molar-refractivity contribution in [2.45, 2.75) is 220 Å². The Bertz CT molecular complexity index is 1780. The molecule has 0 aromatic rings. The number of aliphatic hydroxyl groups is 13. The molecule has 0 spiro atoms. The average molecular weight is 1080 g/mol. The largest absolute Gasteiger partial charge is 0.454 e. The van der Waals surface area contributed by atoms with E-state index in [0.29, 0.717) is 0 Å². The number of hydrogen-bond donors (Lipinski definition) is 15. The van der Waals surface area contributed by atoms with Crippen LogP contribution in [0.25, 0.3) is 0 Å². The number of methoxy groups -OCH3 is 1. The summed E-state index contributed by atoms with van der Waals surface area (Å²) in [6.45, 7) is 5.43. The number of rotatable bonds is 19. The van der Waals surface area contributed by atoms with E-state index >= 15 is 0 Å². The Kier molecular flexibility index (Phi) is 21.7. The van der Waals surface area contributed by atoms with Gasteiger partial charge in [-0.1, -0.05) is 13.8 Å². The standard InChI is InChI=1S/C44H76N2O28/c1-12-15(4)64-44(37(66-17(6)50)33(12)71-39-13(2)23(51)24(52)16(5)65-39)74-36-27(55)21(11-63-41-30(58)28(56)25(53)18(8-47)67-41)70-43(32(36)60)73-35-22(46-14(3)38(45)61)40(62-7)69-20(10-49)34(35)72-42-31(59)29(57)26(54)19(9-48)68-42/h12-16,18-37,39-44,46-49,51-60H,8-11H2,1-7H3,(H2,45,61)/t12-,13?,14?,15?,16?,18?,19?,20?,21?,22?,23+,24+,25+,26+,27+,28-,29-,30?,31?,32?,33-,34-,35+,36-,37?,39-,40+,41-,42+,43-,44-/m0/s1. The molecule has 6 aliphatic rings. The second kappa shape index (κ2) is 26.2. The SMILES string of the molecule is CO[C@@H]1OC(CO)[C@H](O[C@H]2OC(CO)[C@@H](O)[C@H](O)C2O)[C@H](O[C@@H]2OC(CO[C@H]3OC(CO)[C@@H](O)[C@H](O)C3O)[C@@H](O)[C@H](O[C@@H]3OC(C)[C@H](C)[C@H](O[C@@H]4OC(C)[C@@H](O)[C@H](O)C4C)C3OC(C)=O)C2O)C1NC(C)C(N)=O. The van der Waals surface area contributed by atoms with Gasteiger partial charge in [-0.25, -0.2) is 0 Å². The van der Waals surface area contributed by atoms with E-state index in [0.717, 1.165) is 6.92 Å². The normalized spacial score (nSPS) is 49.7. The van der Waals surface area contributed by atoms with Crippen LogP contribution in [0, 0.1) is 11.8 Å². The molecule has 0 aromatic heterocycles. The van der Waals surface area contributed by atoms with Crippen LogP contribution in [-0.2, 0) is 71.2 Å². The second-order valence-corrected chi connectivity index (χ2v) is 19.6. The van der Waals surface area contributed by atoms with Crippen molar-refractivity contribution in [1.29, 1.82) is 0 Å². The lowest BCUT2D eigenvalue weighted by molar-refractivity contribution is -0.391. The van der Waals surface area contributed by atoms with Gasteiger partial charge in [-0.2, -0.15) is 0 Å². The molecule has 13 unspecified atom stereocenters. The van der Waals surface area contributed by atoms with Gasteiger partial charge in [-0.15, -0.1) is 0 Å². The zero-order valence-corrected chi connectivity index (χ0v) is 41.7. The molecule has 6 rings (SSSR count). The van der Waals surface area contributed by atoms with Crippen LogP contribution in [0.1, 0.15) is 41.5 Å². The maximum absolute atomic E-state index is 12.8. The van der Waals surface area contributed by atoms with Crippen molar-refractivity contribution in [3.05, 3.63) is 0 Å². The minimum atomic E-state index is -2.16. The zero-order chi connectivity index (χ0) is 54.8. The number of primary amides is 1. The molecule has 0 radical (unpaired) electrons. The first-order chi connectivity index (χ1) is 34.9. The van der Waals surface area contributed by atoms with Crippen LogP contribution in [0.5, 0.6) is 0 Å². The van der Waals surface area contributed by atoms with Crippen molar-refractivity contribution in [2.24, 2.45) is 17.6 Å². The van der Waals surface area contributed by atoms with Crippen LogP contribution in [0.2, 0.25) is 0 Å². The topological polar surface area (TPSA) is 455 Å². The zero-order valence-electron chi connectivity index (χ0n) is 41.7. The maximum atomic E-state index is 12.8. The Labute approximate surface area is 424 Å². The summed E-state index contributed by atoms with van der Waals surface area (Å²) in [6.07, 6.45) is -44.3. The molecule has 16 N–H and O–H groups in total. The molecule has 1 amide bonds. The molecule has 0 aliphatic carbocycles. The third-order valence-electron chi connectivity index (χ3n) is 14.5. The van der Waals surface area contributed by atoms with Gasteiger partial charge >= 0.3 is 5.97 Å². The quantitative estimate of drug-likeness (QED) is 0.0534. The van der Waals surface area contributed by atoms with Gasteiger partial charge in [0, 0.05) is 25.9 Å². The minimum Gasteiger partial charge on any atom is -0.454 e. The number of esters is 1. The van der Waals surface area contributed by atoms with Gasteiger partial charge in [-0.3, -0.25) is 14.9 Å². The van der Waals surface area contributed by atoms with Crippen molar-refractivity contribution in [2.75, 3.05) is 33.5 Å². The van der Waals surface area contributed by atoms with E-state index in [-0.39, 0.29) is 0 Å². The summed E-state index contributed by atoms with van der Waals surface area (Å²) >= 11 is 0. The van der Waals surface area contributed by atoms with Gasteiger partial charge in [0.05, 0.1) is 56.8 Å². The van der Waals surface area contributed by atoms with E-state index in [2.05, 4.69) is 5.32 Å². The van der Waals surface area contributed by atoms with E-state index in [1.807, 2.05) is 0 Å². The number of aliphatic hydroxyl groups excluding tert-OH is 13. The van der Waals surface area contributed by atoms with E-state index in [9.17, 15) is 76.0 Å². The first-order valence-corrected chi connectivity index (χ1v) is 24.4. The summed E-state index contributed by atoms with van der Waals surface area (Å²) < 4.78 is 78.1. The van der Waals surface area contributed by atoms with E-state index in [4.69, 9.17) is 67.3 Å². The highest BCUT2D eigenvalue weighted by Crippen LogP contribution is 2.39. The predicted octanol–water partition coefficient (Wildman–Crippen LogP) is -8.80. The Morgan fingerprint density at radius 3 is 1.57 bits per heavy atom. The minimum absolute atomic E-state index is 0.621. The molecule has 6 saturated heterocycles. The van der Waals surface area contributed by atoms with Crippen molar-refractivity contribution in [3.8, 4) is 0 Å². The third-order valence-corrected chi connectivity index (χ3v) is 14.5. The molecule has 6 heterocycles.